The summed E-state index contributed by atoms with van der Waals surface area (Å²) in [6, 6.07) is 9.58. The minimum atomic E-state index is -1.02. The lowest BCUT2D eigenvalue weighted by atomic mass is 10.2. The lowest BCUT2D eigenvalue weighted by molar-refractivity contribution is 0.0691. The predicted molar refractivity (Wildman–Crippen MR) is 74.1 cm³/mol. The van der Waals surface area contributed by atoms with Crippen LogP contribution in [-0.2, 0) is 0 Å². The van der Waals surface area contributed by atoms with Gasteiger partial charge in [0, 0.05) is 22.7 Å². The van der Waals surface area contributed by atoms with E-state index in [1.165, 1.54) is 16.7 Å². The summed E-state index contributed by atoms with van der Waals surface area (Å²) in [7, 11) is 0. The fourth-order valence-electron chi connectivity index (χ4n) is 1.71. The first kappa shape index (κ1) is 11.6. The molecule has 0 atom stereocenters. The number of nitrogens with one attached hydrogen (secondary N) is 1. The highest BCUT2D eigenvalue weighted by Gasteiger charge is 2.08. The molecule has 3 aromatic rings. The van der Waals surface area contributed by atoms with Crippen molar-refractivity contribution in [3.8, 4) is 0 Å². The summed E-state index contributed by atoms with van der Waals surface area (Å²) in [5.74, 6) is -1.02. The number of anilines is 2. The van der Waals surface area contributed by atoms with Gasteiger partial charge in [-0.2, -0.15) is 0 Å². The number of nitrogens with zero attached hydrogens (tertiary/aromatic N) is 2. The Labute approximate surface area is 112 Å². The van der Waals surface area contributed by atoms with Crippen LogP contribution < -0.4 is 5.32 Å². The zero-order chi connectivity index (χ0) is 13.2. The molecule has 0 amide bonds. The fourth-order valence-corrected chi connectivity index (χ4v) is 2.41. The highest BCUT2D eigenvalue weighted by molar-refractivity contribution is 7.14. The van der Waals surface area contributed by atoms with E-state index in [1.54, 1.807) is 6.20 Å². The third kappa shape index (κ3) is 2.38. The zero-order valence-corrected chi connectivity index (χ0v) is 10.5. The van der Waals surface area contributed by atoms with Gasteiger partial charge < -0.3 is 10.4 Å². The lowest BCUT2D eigenvalue weighted by Gasteiger charge is -2.03. The number of hydrogen-bond donors (Lipinski definition) is 2. The topological polar surface area (TPSA) is 75.1 Å². The van der Waals surface area contributed by atoms with Gasteiger partial charge in [0.2, 0.25) is 0 Å². The van der Waals surface area contributed by atoms with E-state index in [9.17, 15) is 4.79 Å². The molecule has 0 aliphatic heterocycles. The van der Waals surface area contributed by atoms with Crippen LogP contribution in [0, 0.1) is 0 Å². The quantitative estimate of drug-likeness (QED) is 0.765. The van der Waals surface area contributed by atoms with Crippen LogP contribution in [0.15, 0.2) is 41.9 Å². The molecule has 6 heteroatoms. The summed E-state index contributed by atoms with van der Waals surface area (Å²) in [6.07, 6.45) is 1.75. The van der Waals surface area contributed by atoms with Crippen LogP contribution in [0.2, 0.25) is 0 Å². The Bertz CT molecular complexity index is 754. The van der Waals surface area contributed by atoms with Crippen LogP contribution >= 0.6 is 11.3 Å². The molecule has 0 aliphatic rings. The van der Waals surface area contributed by atoms with Crippen molar-refractivity contribution in [1.29, 1.82) is 0 Å². The third-order valence-electron chi connectivity index (χ3n) is 2.58. The number of carboxylic acids is 1. The van der Waals surface area contributed by atoms with Crippen molar-refractivity contribution < 1.29 is 9.90 Å². The van der Waals surface area contributed by atoms with Gasteiger partial charge in [-0.15, -0.1) is 11.3 Å². The van der Waals surface area contributed by atoms with Crippen LogP contribution in [-0.4, -0.2) is 21.0 Å². The first-order valence-electron chi connectivity index (χ1n) is 5.53. The molecule has 0 spiro atoms. The highest BCUT2D eigenvalue weighted by Crippen LogP contribution is 2.23. The number of benzene rings is 1. The zero-order valence-electron chi connectivity index (χ0n) is 9.70. The largest absolute Gasteiger partial charge is 0.476 e. The standard InChI is InChI=1S/C13H9N3O2S/c17-12(18)11-7-19-13(16-11)15-9-3-4-10-8(6-9)2-1-5-14-10/h1-7H,(H,15,16)(H,17,18). The van der Waals surface area contributed by atoms with Gasteiger partial charge in [0.1, 0.15) is 0 Å². The van der Waals surface area contributed by atoms with E-state index in [2.05, 4.69) is 15.3 Å². The third-order valence-corrected chi connectivity index (χ3v) is 3.34. The van der Waals surface area contributed by atoms with Crippen molar-refractivity contribution in [2.24, 2.45) is 0 Å². The van der Waals surface area contributed by atoms with Gasteiger partial charge in [-0.1, -0.05) is 6.07 Å². The molecule has 0 saturated carbocycles. The summed E-state index contributed by atoms with van der Waals surface area (Å²) in [5, 5.41) is 15.0. The van der Waals surface area contributed by atoms with Gasteiger partial charge in [-0.05, 0) is 24.3 Å². The summed E-state index contributed by atoms with van der Waals surface area (Å²) in [5.41, 5.74) is 1.82. The molecule has 5 nitrogen and oxygen atoms in total. The Hall–Kier alpha value is -2.47. The Morgan fingerprint density at radius 3 is 3.00 bits per heavy atom. The van der Waals surface area contributed by atoms with Crippen LogP contribution in [0.1, 0.15) is 10.5 Å². The smallest absolute Gasteiger partial charge is 0.355 e. The second-order valence-electron chi connectivity index (χ2n) is 3.88. The monoisotopic (exact) mass is 271 g/mol. The summed E-state index contributed by atoms with van der Waals surface area (Å²) >= 11 is 1.26. The predicted octanol–water partition coefficient (Wildman–Crippen LogP) is 3.13. The maximum atomic E-state index is 10.7. The van der Waals surface area contributed by atoms with Crippen LogP contribution in [0.3, 0.4) is 0 Å². The van der Waals surface area contributed by atoms with Crippen molar-refractivity contribution in [1.82, 2.24) is 9.97 Å². The Morgan fingerprint density at radius 2 is 2.21 bits per heavy atom. The summed E-state index contributed by atoms with van der Waals surface area (Å²) < 4.78 is 0. The van der Waals surface area contributed by atoms with Gasteiger partial charge in [0.15, 0.2) is 10.8 Å². The molecule has 0 aliphatic carbocycles. The number of aromatic carboxylic acids is 1. The van der Waals surface area contributed by atoms with Crippen molar-refractivity contribution in [2.75, 3.05) is 5.32 Å². The number of carboxylic acid groups (broad SMARTS) is 1. The summed E-state index contributed by atoms with van der Waals surface area (Å²) in [6.45, 7) is 0. The number of aromatic nitrogens is 2. The first-order chi connectivity index (χ1) is 9.22. The van der Waals surface area contributed by atoms with Crippen molar-refractivity contribution in [3.63, 3.8) is 0 Å². The molecule has 94 valence electrons. The molecule has 2 heterocycles. The number of thiazole rings is 1. The van der Waals surface area contributed by atoms with Crippen molar-refractivity contribution in [2.45, 2.75) is 0 Å². The van der Waals surface area contributed by atoms with E-state index in [0.717, 1.165) is 16.6 Å². The van der Waals surface area contributed by atoms with E-state index < -0.39 is 5.97 Å². The normalized spacial score (nSPS) is 10.5. The molecule has 3 rings (SSSR count). The van der Waals surface area contributed by atoms with Crippen LogP contribution in [0.25, 0.3) is 10.9 Å². The number of pyridine rings is 1. The first-order valence-corrected chi connectivity index (χ1v) is 6.41. The van der Waals surface area contributed by atoms with Crippen LogP contribution in [0.4, 0.5) is 10.8 Å². The van der Waals surface area contributed by atoms with Crippen LogP contribution in [0.5, 0.6) is 0 Å². The van der Waals surface area contributed by atoms with E-state index in [-0.39, 0.29) is 5.69 Å². The van der Waals surface area contributed by atoms with E-state index in [0.29, 0.717) is 5.13 Å². The van der Waals surface area contributed by atoms with Gasteiger partial charge in [0.25, 0.3) is 0 Å². The molecule has 2 aromatic heterocycles. The Kier molecular flexibility index (Phi) is 2.85. The molecular weight excluding hydrogens is 262 g/mol. The molecule has 0 radical (unpaired) electrons. The molecule has 0 saturated heterocycles. The average Bonchev–Trinajstić information content (AvgIpc) is 2.87. The SMILES string of the molecule is O=C(O)c1csc(Nc2ccc3ncccc3c2)n1. The minimum absolute atomic E-state index is 0.0509. The molecule has 0 bridgehead atoms. The van der Waals surface area contributed by atoms with Gasteiger partial charge >= 0.3 is 5.97 Å². The molecule has 19 heavy (non-hydrogen) atoms. The van der Waals surface area contributed by atoms with E-state index in [4.69, 9.17) is 5.11 Å². The molecule has 2 N–H and O–H groups in total. The van der Waals surface area contributed by atoms with E-state index in [1.807, 2.05) is 30.3 Å². The Morgan fingerprint density at radius 1 is 1.32 bits per heavy atom. The number of hydrogen-bond acceptors (Lipinski definition) is 5. The summed E-state index contributed by atoms with van der Waals surface area (Å²) in [4.78, 5) is 19.0. The van der Waals surface area contributed by atoms with Gasteiger partial charge in [0.05, 0.1) is 5.52 Å². The molecule has 0 unspecified atom stereocenters. The second kappa shape index (κ2) is 4.66. The Balaban J connectivity index is 1.89. The molecule has 1 aromatic carbocycles. The fraction of sp³-hybridized carbons (Fsp3) is 0. The number of carbonyl (C=O) groups is 1. The number of fused-ring (bicyclic) bond motifs is 1. The van der Waals surface area contributed by atoms with E-state index >= 15 is 0 Å². The molecular formula is C13H9N3O2S. The average molecular weight is 271 g/mol. The molecule has 0 fully saturated rings. The second-order valence-corrected chi connectivity index (χ2v) is 4.74. The van der Waals surface area contributed by atoms with Crippen molar-refractivity contribution in [3.05, 3.63) is 47.6 Å². The maximum Gasteiger partial charge on any atom is 0.355 e. The number of rotatable bonds is 3. The van der Waals surface area contributed by atoms with Crippen molar-refractivity contribution >= 4 is 39.0 Å². The maximum absolute atomic E-state index is 10.7. The van der Waals surface area contributed by atoms with Gasteiger partial charge in [-0.3, -0.25) is 4.98 Å². The minimum Gasteiger partial charge on any atom is -0.476 e. The highest BCUT2D eigenvalue weighted by atomic mass is 32.1. The lowest BCUT2D eigenvalue weighted by Crippen LogP contribution is -1.97. The van der Waals surface area contributed by atoms with Gasteiger partial charge in [-0.25, -0.2) is 9.78 Å².